The molecule has 6 rings (SSSR count). The summed E-state index contributed by atoms with van der Waals surface area (Å²) in [6.45, 7) is 4.77. The second kappa shape index (κ2) is 13.4. The molecular formula is C32H32N8O6. The zero-order valence-electron chi connectivity index (χ0n) is 25.5. The second-order valence-electron chi connectivity index (χ2n) is 10.2. The first-order valence-corrected chi connectivity index (χ1v) is 14.4. The van der Waals surface area contributed by atoms with Crippen LogP contribution in [0.2, 0.25) is 0 Å². The van der Waals surface area contributed by atoms with Crippen LogP contribution in [0.15, 0.2) is 74.0 Å². The van der Waals surface area contributed by atoms with Gasteiger partial charge in [0.05, 0.1) is 44.9 Å². The van der Waals surface area contributed by atoms with Gasteiger partial charge in [0, 0.05) is 55.7 Å². The molecule has 1 aliphatic rings. The van der Waals surface area contributed by atoms with Crippen molar-refractivity contribution in [2.24, 2.45) is 0 Å². The van der Waals surface area contributed by atoms with Crippen LogP contribution in [0.5, 0.6) is 34.9 Å². The van der Waals surface area contributed by atoms with Gasteiger partial charge in [0.25, 0.3) is 0 Å². The number of amides is 1. The molecular weight excluding hydrogens is 592 g/mol. The molecule has 0 radical (unpaired) electrons. The van der Waals surface area contributed by atoms with E-state index < -0.39 is 0 Å². The van der Waals surface area contributed by atoms with Crippen LogP contribution in [-0.2, 0) is 4.79 Å². The summed E-state index contributed by atoms with van der Waals surface area (Å²) in [5, 5.41) is 8.54. The quantitative estimate of drug-likeness (QED) is 0.203. The van der Waals surface area contributed by atoms with Gasteiger partial charge in [0.1, 0.15) is 35.4 Å². The molecule has 1 amide bonds. The third-order valence-electron chi connectivity index (χ3n) is 7.42. The number of hydrogen-bond acceptors (Lipinski definition) is 12. The van der Waals surface area contributed by atoms with E-state index in [9.17, 15) is 4.79 Å². The smallest absolute Gasteiger partial charge is 0.316 e. The minimum absolute atomic E-state index is 0.0688. The van der Waals surface area contributed by atoms with Gasteiger partial charge in [-0.3, -0.25) is 4.79 Å². The Morgan fingerprint density at radius 3 is 2.43 bits per heavy atom. The van der Waals surface area contributed by atoms with Crippen molar-refractivity contribution in [3.63, 3.8) is 0 Å². The predicted molar refractivity (Wildman–Crippen MR) is 169 cm³/mol. The maximum Gasteiger partial charge on any atom is 0.316 e. The second-order valence-corrected chi connectivity index (χ2v) is 10.2. The molecule has 14 heteroatoms. The predicted octanol–water partition coefficient (Wildman–Crippen LogP) is 4.72. The minimum Gasteiger partial charge on any atom is -0.494 e. The third-order valence-corrected chi connectivity index (χ3v) is 7.42. The summed E-state index contributed by atoms with van der Waals surface area (Å²) in [5.41, 5.74) is 1.99. The zero-order chi connectivity index (χ0) is 32.0. The van der Waals surface area contributed by atoms with Gasteiger partial charge in [-0.1, -0.05) is 6.58 Å². The summed E-state index contributed by atoms with van der Waals surface area (Å²) in [6.07, 6.45) is 9.07. The summed E-state index contributed by atoms with van der Waals surface area (Å²) in [6, 6.07) is 11.1. The minimum atomic E-state index is -0.0789. The number of benzene rings is 2. The summed E-state index contributed by atoms with van der Waals surface area (Å²) >= 11 is 0. The number of hydrogen-bond donors (Lipinski definition) is 1. The fourth-order valence-electron chi connectivity index (χ4n) is 5.04. The molecule has 0 aliphatic carbocycles. The van der Waals surface area contributed by atoms with Crippen molar-refractivity contribution in [2.45, 2.75) is 18.9 Å². The lowest BCUT2D eigenvalue weighted by molar-refractivity contribution is -0.127. The van der Waals surface area contributed by atoms with Gasteiger partial charge in [-0.15, -0.1) is 5.10 Å². The molecule has 0 saturated carbocycles. The van der Waals surface area contributed by atoms with Crippen LogP contribution in [0, 0.1) is 0 Å². The SMILES string of the molecule is C=CC(=O)N1CCC(Oc2cc3c(Nc4ccc(Oc5ccn(-c6cnc(OC)nc6)n5)cc4OC)ncnc3cc2OC)CC1. The van der Waals surface area contributed by atoms with E-state index >= 15 is 0 Å². The fraction of sp³-hybridized carbons (Fsp3) is 0.250. The van der Waals surface area contributed by atoms with E-state index in [1.807, 2.05) is 18.2 Å². The fourth-order valence-corrected chi connectivity index (χ4v) is 5.04. The van der Waals surface area contributed by atoms with Crippen LogP contribution in [0.1, 0.15) is 12.8 Å². The lowest BCUT2D eigenvalue weighted by Crippen LogP contribution is -2.41. The van der Waals surface area contributed by atoms with E-state index in [4.69, 9.17) is 23.7 Å². The van der Waals surface area contributed by atoms with E-state index in [0.717, 1.165) is 5.39 Å². The van der Waals surface area contributed by atoms with Crippen LogP contribution in [-0.4, -0.2) is 81.0 Å². The largest absolute Gasteiger partial charge is 0.494 e. The first kappa shape index (κ1) is 30.1. The summed E-state index contributed by atoms with van der Waals surface area (Å²) < 4.78 is 30.3. The number of piperidine rings is 1. The molecule has 14 nitrogen and oxygen atoms in total. The Balaban J connectivity index is 1.20. The van der Waals surface area contributed by atoms with Gasteiger partial charge in [-0.05, 0) is 24.3 Å². The Morgan fingerprint density at radius 2 is 1.72 bits per heavy atom. The molecule has 3 aromatic heterocycles. The molecule has 1 saturated heterocycles. The topological polar surface area (TPSA) is 148 Å². The lowest BCUT2D eigenvalue weighted by Gasteiger charge is -2.31. The normalized spacial score (nSPS) is 13.2. The lowest BCUT2D eigenvalue weighted by atomic mass is 10.1. The van der Waals surface area contributed by atoms with Crippen LogP contribution < -0.4 is 29.0 Å². The number of aromatic nitrogens is 6. The number of nitrogens with zero attached hydrogens (tertiary/aromatic N) is 7. The maximum atomic E-state index is 12.0. The standard InChI is InChI=1S/C32H32N8O6/c1-5-30(41)39-11-8-21(9-12-39)45-28-15-23-25(16-27(28)43-3)35-19-36-31(23)37-24-7-6-22(14-26(24)42-2)46-29-10-13-40(38-29)20-17-33-32(44-4)34-18-20/h5-7,10,13-19,21H,1,8-9,11-12H2,2-4H3,(H,35,36,37). The van der Waals surface area contributed by atoms with E-state index in [1.54, 1.807) is 60.6 Å². The van der Waals surface area contributed by atoms with E-state index in [1.165, 1.54) is 19.5 Å². The van der Waals surface area contributed by atoms with Crippen molar-refractivity contribution in [1.82, 2.24) is 34.6 Å². The molecule has 5 aromatic rings. The molecule has 4 heterocycles. The molecule has 46 heavy (non-hydrogen) atoms. The van der Waals surface area contributed by atoms with Gasteiger partial charge < -0.3 is 33.9 Å². The van der Waals surface area contributed by atoms with Crippen LogP contribution in [0.4, 0.5) is 11.5 Å². The van der Waals surface area contributed by atoms with Crippen molar-refractivity contribution in [1.29, 1.82) is 0 Å². The van der Waals surface area contributed by atoms with Gasteiger partial charge in [0.2, 0.25) is 11.8 Å². The van der Waals surface area contributed by atoms with Gasteiger partial charge in [-0.25, -0.2) is 24.6 Å². The van der Waals surface area contributed by atoms with Crippen molar-refractivity contribution in [3.05, 3.63) is 74.0 Å². The Bertz CT molecular complexity index is 1850. The van der Waals surface area contributed by atoms with Gasteiger partial charge in [-0.2, -0.15) is 0 Å². The Labute approximate surface area is 264 Å². The number of carbonyl (C=O) groups is 1. The van der Waals surface area contributed by atoms with Crippen molar-refractivity contribution in [2.75, 3.05) is 39.7 Å². The molecule has 0 atom stereocenters. The molecule has 2 aromatic carbocycles. The van der Waals surface area contributed by atoms with Crippen LogP contribution in [0.3, 0.4) is 0 Å². The summed E-state index contributed by atoms with van der Waals surface area (Å²) in [4.78, 5) is 30.9. The number of anilines is 2. The molecule has 1 aliphatic heterocycles. The van der Waals surface area contributed by atoms with Crippen molar-refractivity contribution < 1.29 is 28.5 Å². The average Bonchev–Trinajstić information content (AvgIpc) is 3.57. The number of rotatable bonds is 11. The Kier molecular flexibility index (Phi) is 8.76. The van der Waals surface area contributed by atoms with E-state index in [2.05, 4.69) is 36.9 Å². The maximum absolute atomic E-state index is 12.0. The van der Waals surface area contributed by atoms with Crippen molar-refractivity contribution in [3.8, 4) is 40.6 Å². The van der Waals surface area contributed by atoms with E-state index in [-0.39, 0.29) is 18.0 Å². The Hall–Kier alpha value is -5.92. The molecule has 1 fully saturated rings. The summed E-state index contributed by atoms with van der Waals surface area (Å²) in [7, 11) is 4.67. The number of methoxy groups -OCH3 is 3. The zero-order valence-corrected chi connectivity index (χ0v) is 25.5. The first-order chi connectivity index (χ1) is 22.5. The van der Waals surface area contributed by atoms with Crippen LogP contribution in [0.25, 0.3) is 16.6 Å². The number of nitrogens with one attached hydrogen (secondary N) is 1. The molecule has 236 valence electrons. The highest BCUT2D eigenvalue weighted by molar-refractivity contribution is 5.93. The number of fused-ring (bicyclic) bond motifs is 1. The monoisotopic (exact) mass is 624 g/mol. The highest BCUT2D eigenvalue weighted by atomic mass is 16.5. The van der Waals surface area contributed by atoms with Gasteiger partial charge in [0.15, 0.2) is 11.5 Å². The number of likely N-dealkylation sites (tertiary alicyclic amines) is 1. The molecule has 1 N–H and O–H groups in total. The third kappa shape index (κ3) is 6.45. The highest BCUT2D eigenvalue weighted by Crippen LogP contribution is 2.38. The first-order valence-electron chi connectivity index (χ1n) is 14.4. The molecule has 0 spiro atoms. The number of ether oxygens (including phenoxy) is 5. The van der Waals surface area contributed by atoms with Crippen molar-refractivity contribution >= 4 is 28.3 Å². The summed E-state index contributed by atoms with van der Waals surface area (Å²) in [5.74, 6) is 3.03. The van der Waals surface area contributed by atoms with Crippen LogP contribution >= 0.6 is 0 Å². The molecule has 0 unspecified atom stereocenters. The van der Waals surface area contributed by atoms with Gasteiger partial charge >= 0.3 is 6.01 Å². The van der Waals surface area contributed by atoms with E-state index in [0.29, 0.717) is 77.5 Å². The average molecular weight is 625 g/mol. The highest BCUT2D eigenvalue weighted by Gasteiger charge is 2.24. The number of carbonyl (C=O) groups excluding carboxylic acids is 1. The Morgan fingerprint density at radius 1 is 0.935 bits per heavy atom. The molecule has 0 bridgehead atoms.